The second-order valence-corrected chi connectivity index (χ2v) is 0.400. The SMILES string of the molecule is N#CO.N#CO.N#CO.N#CO.[Fe].[Mn]. The van der Waals surface area contributed by atoms with Gasteiger partial charge in [0, 0.05) is 34.1 Å². The van der Waals surface area contributed by atoms with E-state index in [1.807, 2.05) is 0 Å². The van der Waals surface area contributed by atoms with Gasteiger partial charge in [0.05, 0.1) is 0 Å². The zero-order valence-electron chi connectivity index (χ0n) is 6.31. The van der Waals surface area contributed by atoms with Gasteiger partial charge in [-0.15, -0.1) is 0 Å². The van der Waals surface area contributed by atoms with E-state index in [-0.39, 0.29) is 34.1 Å². The summed E-state index contributed by atoms with van der Waals surface area (Å²) in [6, 6.07) is 0. The van der Waals surface area contributed by atoms with Crippen molar-refractivity contribution in [1.29, 1.82) is 21.0 Å². The molecule has 0 unspecified atom stereocenters. The monoisotopic (exact) mass is 283 g/mol. The van der Waals surface area contributed by atoms with Crippen LogP contribution >= 0.6 is 0 Å². The number of aliphatic hydroxyl groups excluding tert-OH is 4. The summed E-state index contributed by atoms with van der Waals surface area (Å²) in [5.74, 6) is 0. The van der Waals surface area contributed by atoms with Gasteiger partial charge in [-0.3, -0.25) is 0 Å². The molecule has 0 aromatic rings. The van der Waals surface area contributed by atoms with Gasteiger partial charge >= 0.3 is 0 Å². The summed E-state index contributed by atoms with van der Waals surface area (Å²) >= 11 is 0. The van der Waals surface area contributed by atoms with Crippen LogP contribution in [0.2, 0.25) is 0 Å². The third-order valence-electron chi connectivity index (χ3n) is 0. The van der Waals surface area contributed by atoms with E-state index in [2.05, 4.69) is 0 Å². The largest absolute Gasteiger partial charge is 0.443 e. The molecule has 1 radical (unpaired) electrons. The van der Waals surface area contributed by atoms with Crippen molar-refractivity contribution < 1.29 is 54.6 Å². The number of nitrogens with zero attached hydrogens (tertiary/aromatic N) is 4. The molecule has 0 aliphatic rings. The van der Waals surface area contributed by atoms with Crippen LogP contribution in [0.4, 0.5) is 0 Å². The zero-order valence-corrected chi connectivity index (χ0v) is 8.59. The Balaban J connectivity index is -0.0000000145. The van der Waals surface area contributed by atoms with Crippen LogP contribution < -0.4 is 0 Å². The molecule has 0 saturated carbocycles. The molecule has 0 rings (SSSR count). The van der Waals surface area contributed by atoms with E-state index in [9.17, 15) is 0 Å². The maximum absolute atomic E-state index is 6.88. The number of aliphatic hydroxyl groups is 4. The molecule has 79 valence electrons. The van der Waals surface area contributed by atoms with Gasteiger partial charge in [0.1, 0.15) is 0 Å². The van der Waals surface area contributed by atoms with Crippen LogP contribution in [-0.2, 0) is 34.1 Å². The molecule has 0 bridgehead atoms. The third-order valence-corrected chi connectivity index (χ3v) is 0. The van der Waals surface area contributed by atoms with Crippen molar-refractivity contribution in [3.63, 3.8) is 0 Å². The van der Waals surface area contributed by atoms with Crippen LogP contribution in [0.25, 0.3) is 0 Å². The van der Waals surface area contributed by atoms with E-state index in [4.69, 9.17) is 41.5 Å². The number of hydrogen-bond acceptors (Lipinski definition) is 8. The molecule has 0 aromatic heterocycles. The Morgan fingerprint density at radius 2 is 0.571 bits per heavy atom. The van der Waals surface area contributed by atoms with E-state index in [1.165, 1.54) is 0 Å². The molecule has 0 spiro atoms. The van der Waals surface area contributed by atoms with E-state index < -0.39 is 0 Å². The molecule has 0 aliphatic carbocycles. The van der Waals surface area contributed by atoms with Crippen LogP contribution in [0.5, 0.6) is 0 Å². The van der Waals surface area contributed by atoms with Crippen molar-refractivity contribution in [2.75, 3.05) is 0 Å². The summed E-state index contributed by atoms with van der Waals surface area (Å²) in [5, 5.41) is 55.0. The van der Waals surface area contributed by atoms with Crippen molar-refractivity contribution >= 4 is 0 Å². The number of nitriles is 4. The van der Waals surface area contributed by atoms with Crippen LogP contribution in [0.1, 0.15) is 0 Å². The number of rotatable bonds is 0. The second kappa shape index (κ2) is 241. The fourth-order valence-corrected chi connectivity index (χ4v) is 0. The first-order chi connectivity index (χ1) is 5.66. The van der Waals surface area contributed by atoms with Gasteiger partial charge in [-0.25, -0.2) is 0 Å². The standard InChI is InChI=1S/4CHNO.Fe.Mn/c4*2-1-3;;/h4*3H;;. The fourth-order valence-electron chi connectivity index (χ4n) is 0. The number of hydrogen-bond donors (Lipinski definition) is 4. The topological polar surface area (TPSA) is 176 Å². The van der Waals surface area contributed by atoms with Crippen molar-refractivity contribution in [1.82, 2.24) is 0 Å². The van der Waals surface area contributed by atoms with E-state index in [0.29, 0.717) is 0 Å². The quantitative estimate of drug-likeness (QED) is 0.334. The first-order valence-electron chi connectivity index (χ1n) is 1.79. The van der Waals surface area contributed by atoms with Gasteiger partial charge in [0.2, 0.25) is 0 Å². The minimum atomic E-state index is 0. The van der Waals surface area contributed by atoms with E-state index >= 15 is 0 Å². The summed E-state index contributed by atoms with van der Waals surface area (Å²) in [4.78, 5) is 0. The molecule has 10 heteroatoms. The van der Waals surface area contributed by atoms with Crippen molar-refractivity contribution in [2.24, 2.45) is 0 Å². The van der Waals surface area contributed by atoms with Crippen LogP contribution in [0.15, 0.2) is 0 Å². The molecule has 0 atom stereocenters. The first-order valence-corrected chi connectivity index (χ1v) is 1.79. The average Bonchev–Trinajstić information content (AvgIpc) is 1.92. The minimum absolute atomic E-state index is 0. The smallest absolute Gasteiger partial charge is 0.283 e. The van der Waals surface area contributed by atoms with Crippen LogP contribution in [0, 0.1) is 46.1 Å². The van der Waals surface area contributed by atoms with Gasteiger partial charge < -0.3 is 20.4 Å². The van der Waals surface area contributed by atoms with E-state index in [0.717, 1.165) is 25.0 Å². The molecule has 8 nitrogen and oxygen atoms in total. The van der Waals surface area contributed by atoms with E-state index in [1.54, 1.807) is 0 Å². The maximum Gasteiger partial charge on any atom is 0.283 e. The Kier molecular flexibility index (Phi) is 685. The second-order valence-electron chi connectivity index (χ2n) is 0.400. The molecular formula is C4H4FeMnN4O4. The molecule has 14 heavy (non-hydrogen) atoms. The zero-order chi connectivity index (χ0) is 10.8. The predicted octanol–water partition coefficient (Wildman–Crippen LogP) is -0.645. The summed E-state index contributed by atoms with van der Waals surface area (Å²) in [6.07, 6.45) is 3.00. The summed E-state index contributed by atoms with van der Waals surface area (Å²) in [7, 11) is 0. The van der Waals surface area contributed by atoms with Crippen molar-refractivity contribution in [3.8, 4) is 25.0 Å². The Hall–Kier alpha value is -1.80. The normalized spacial score (nSPS) is 2.00. The molecule has 0 heterocycles. The molecular weight excluding hydrogens is 279 g/mol. The molecule has 0 amide bonds. The molecule has 4 N–H and O–H groups in total. The van der Waals surface area contributed by atoms with Crippen molar-refractivity contribution in [3.05, 3.63) is 0 Å². The Morgan fingerprint density at radius 3 is 0.571 bits per heavy atom. The molecule has 0 saturated heterocycles. The minimum Gasteiger partial charge on any atom is -0.443 e. The van der Waals surface area contributed by atoms with Crippen molar-refractivity contribution in [2.45, 2.75) is 0 Å². The van der Waals surface area contributed by atoms with Gasteiger partial charge in [-0.1, -0.05) is 0 Å². The van der Waals surface area contributed by atoms with Crippen LogP contribution in [0.3, 0.4) is 0 Å². The van der Waals surface area contributed by atoms with Gasteiger partial charge in [-0.05, 0) is 0 Å². The molecule has 0 aromatic carbocycles. The maximum atomic E-state index is 6.88. The summed E-state index contributed by atoms with van der Waals surface area (Å²) in [6.45, 7) is 0. The third kappa shape index (κ3) is 266. The molecule has 0 aliphatic heterocycles. The first kappa shape index (κ1) is 39.8. The fraction of sp³-hybridized carbons (Fsp3) is 0. The Bertz CT molecular complexity index is 163. The van der Waals surface area contributed by atoms with Gasteiger partial charge in [0.25, 0.3) is 25.0 Å². The predicted molar refractivity (Wildman–Crippen MR) is 30.2 cm³/mol. The summed E-state index contributed by atoms with van der Waals surface area (Å²) in [5.41, 5.74) is 0. The summed E-state index contributed by atoms with van der Waals surface area (Å²) < 4.78 is 0. The molecule has 0 fully saturated rings. The Morgan fingerprint density at radius 1 is 0.571 bits per heavy atom. The van der Waals surface area contributed by atoms with Crippen LogP contribution in [-0.4, -0.2) is 20.4 Å². The Labute approximate surface area is 101 Å². The average molecular weight is 283 g/mol. The van der Waals surface area contributed by atoms with Gasteiger partial charge in [-0.2, -0.15) is 21.0 Å². The van der Waals surface area contributed by atoms with Gasteiger partial charge in [0.15, 0.2) is 0 Å².